The molecule has 1 amide bonds. The van der Waals surface area contributed by atoms with Crippen LogP contribution in [0.2, 0.25) is 0 Å². The summed E-state index contributed by atoms with van der Waals surface area (Å²) in [5.74, 6) is 0.121. The molecule has 134 valence electrons. The number of hydrogen-bond donors (Lipinski definition) is 1. The number of ether oxygens (including phenoxy) is 1. The minimum atomic E-state index is -0.454. The molecular formula is C19H19N3O4. The number of amides is 1. The molecule has 3 aromatic rings. The summed E-state index contributed by atoms with van der Waals surface area (Å²) >= 11 is 0. The lowest BCUT2D eigenvalue weighted by Crippen LogP contribution is -2.48. The van der Waals surface area contributed by atoms with Gasteiger partial charge in [-0.3, -0.25) is 9.78 Å². The van der Waals surface area contributed by atoms with Crippen molar-refractivity contribution >= 4 is 22.7 Å². The van der Waals surface area contributed by atoms with E-state index in [1.165, 1.54) is 0 Å². The number of methoxy groups -OCH3 is 1. The Labute approximate surface area is 149 Å². The number of carbonyl (C=O) groups excluding carboxylic acids is 1. The number of aromatic nitrogens is 1. The number of fused-ring (bicyclic) bond motifs is 1. The average Bonchev–Trinajstić information content (AvgIpc) is 3.06. The zero-order valence-electron chi connectivity index (χ0n) is 14.4. The van der Waals surface area contributed by atoms with E-state index in [0.29, 0.717) is 48.6 Å². The average molecular weight is 353 g/mol. The minimum absolute atomic E-state index is 0.0169. The maximum atomic E-state index is 12.8. The van der Waals surface area contributed by atoms with E-state index in [-0.39, 0.29) is 5.91 Å². The molecule has 4 rings (SSSR count). The van der Waals surface area contributed by atoms with Crippen molar-refractivity contribution in [3.8, 4) is 5.75 Å². The number of anilines is 1. The van der Waals surface area contributed by atoms with Crippen LogP contribution in [-0.2, 0) is 0 Å². The summed E-state index contributed by atoms with van der Waals surface area (Å²) in [6.45, 7) is 2.68. The summed E-state index contributed by atoms with van der Waals surface area (Å²) in [7, 11) is 1.57. The predicted molar refractivity (Wildman–Crippen MR) is 97.9 cm³/mol. The number of aromatic amines is 1. The van der Waals surface area contributed by atoms with Crippen LogP contribution in [0.15, 0.2) is 51.7 Å². The maximum absolute atomic E-state index is 12.8. The van der Waals surface area contributed by atoms with Gasteiger partial charge in [-0.15, -0.1) is 0 Å². The Balaban J connectivity index is 1.47. The fourth-order valence-electron chi connectivity index (χ4n) is 3.30. The quantitative estimate of drug-likeness (QED) is 0.780. The largest absolute Gasteiger partial charge is 0.496 e. The molecule has 0 aliphatic carbocycles. The summed E-state index contributed by atoms with van der Waals surface area (Å²) < 4.78 is 10.3. The van der Waals surface area contributed by atoms with E-state index < -0.39 is 5.76 Å². The Morgan fingerprint density at radius 3 is 2.65 bits per heavy atom. The molecule has 1 fully saturated rings. The van der Waals surface area contributed by atoms with Gasteiger partial charge >= 0.3 is 5.76 Å². The fraction of sp³-hybridized carbons (Fsp3) is 0.263. The van der Waals surface area contributed by atoms with Gasteiger partial charge in [-0.2, -0.15) is 0 Å². The van der Waals surface area contributed by atoms with Crippen molar-refractivity contribution in [1.82, 2.24) is 9.88 Å². The third-order valence-electron chi connectivity index (χ3n) is 4.67. The van der Waals surface area contributed by atoms with E-state index in [1.807, 2.05) is 29.2 Å². The Morgan fingerprint density at radius 2 is 1.88 bits per heavy atom. The van der Waals surface area contributed by atoms with E-state index in [4.69, 9.17) is 9.15 Å². The zero-order chi connectivity index (χ0) is 18.1. The molecule has 0 unspecified atom stereocenters. The summed E-state index contributed by atoms with van der Waals surface area (Å²) in [4.78, 5) is 30.8. The first-order valence-electron chi connectivity index (χ1n) is 8.46. The van der Waals surface area contributed by atoms with Crippen molar-refractivity contribution in [3.63, 3.8) is 0 Å². The standard InChI is InChI=1S/C19H19N3O4/c1-25-16-5-3-2-4-14(16)18(23)22-10-8-21(9-11-22)13-6-7-17-15(12-13)20-19(24)26-17/h2-7,12H,8-11H2,1H3,(H,20,24). The van der Waals surface area contributed by atoms with Crippen molar-refractivity contribution in [1.29, 1.82) is 0 Å². The van der Waals surface area contributed by atoms with Crippen LogP contribution in [0.25, 0.3) is 11.1 Å². The van der Waals surface area contributed by atoms with Gasteiger partial charge in [-0.05, 0) is 30.3 Å². The summed E-state index contributed by atoms with van der Waals surface area (Å²) in [6.07, 6.45) is 0. The van der Waals surface area contributed by atoms with Gasteiger partial charge < -0.3 is 19.0 Å². The molecule has 0 atom stereocenters. The third kappa shape index (κ3) is 2.92. The highest BCUT2D eigenvalue weighted by Crippen LogP contribution is 2.23. The van der Waals surface area contributed by atoms with Crippen LogP contribution in [-0.4, -0.2) is 49.1 Å². The number of nitrogens with one attached hydrogen (secondary N) is 1. The van der Waals surface area contributed by atoms with Crippen molar-refractivity contribution in [2.24, 2.45) is 0 Å². The lowest BCUT2D eigenvalue weighted by atomic mass is 10.1. The molecule has 0 radical (unpaired) electrons. The lowest BCUT2D eigenvalue weighted by molar-refractivity contribution is 0.0743. The van der Waals surface area contributed by atoms with E-state index in [1.54, 1.807) is 25.3 Å². The fourth-order valence-corrected chi connectivity index (χ4v) is 3.30. The second-order valence-corrected chi connectivity index (χ2v) is 6.17. The summed E-state index contributed by atoms with van der Waals surface area (Å²) in [6, 6.07) is 12.9. The molecule has 1 saturated heterocycles. The van der Waals surface area contributed by atoms with Crippen LogP contribution >= 0.6 is 0 Å². The normalized spacial score (nSPS) is 14.7. The predicted octanol–water partition coefficient (Wildman–Crippen LogP) is 2.09. The number of hydrogen-bond acceptors (Lipinski definition) is 5. The van der Waals surface area contributed by atoms with Gasteiger partial charge in [0, 0.05) is 31.9 Å². The molecular weight excluding hydrogens is 334 g/mol. The molecule has 2 aromatic carbocycles. The Morgan fingerprint density at radius 1 is 1.12 bits per heavy atom. The van der Waals surface area contributed by atoms with Crippen LogP contribution in [0.5, 0.6) is 5.75 Å². The summed E-state index contributed by atoms with van der Waals surface area (Å²) in [5.41, 5.74) is 2.81. The number of H-pyrrole nitrogens is 1. The second kappa shape index (κ2) is 6.59. The number of nitrogens with zero attached hydrogens (tertiary/aromatic N) is 2. The number of para-hydroxylation sites is 1. The molecule has 1 N–H and O–H groups in total. The molecule has 26 heavy (non-hydrogen) atoms. The van der Waals surface area contributed by atoms with Crippen molar-refractivity contribution in [2.45, 2.75) is 0 Å². The molecule has 2 heterocycles. The van der Waals surface area contributed by atoms with Gasteiger partial charge in [0.1, 0.15) is 5.75 Å². The van der Waals surface area contributed by atoms with Gasteiger partial charge in [0.05, 0.1) is 18.2 Å². The molecule has 7 heteroatoms. The smallest absolute Gasteiger partial charge is 0.417 e. The third-order valence-corrected chi connectivity index (χ3v) is 4.67. The first-order chi connectivity index (χ1) is 12.7. The maximum Gasteiger partial charge on any atom is 0.417 e. The Bertz CT molecular complexity index is 999. The second-order valence-electron chi connectivity index (χ2n) is 6.17. The highest BCUT2D eigenvalue weighted by atomic mass is 16.5. The van der Waals surface area contributed by atoms with E-state index in [9.17, 15) is 9.59 Å². The Hall–Kier alpha value is -3.22. The van der Waals surface area contributed by atoms with Crippen LogP contribution in [0, 0.1) is 0 Å². The molecule has 1 aliphatic rings. The van der Waals surface area contributed by atoms with E-state index in [2.05, 4.69) is 9.88 Å². The van der Waals surface area contributed by atoms with Gasteiger partial charge in [-0.25, -0.2) is 4.79 Å². The minimum Gasteiger partial charge on any atom is -0.496 e. The molecule has 7 nitrogen and oxygen atoms in total. The Kier molecular flexibility index (Phi) is 4.12. The van der Waals surface area contributed by atoms with Gasteiger partial charge in [0.15, 0.2) is 5.58 Å². The topological polar surface area (TPSA) is 78.8 Å². The van der Waals surface area contributed by atoms with Crippen LogP contribution < -0.4 is 15.4 Å². The molecule has 0 saturated carbocycles. The van der Waals surface area contributed by atoms with Crippen molar-refractivity contribution < 1.29 is 13.9 Å². The molecule has 0 bridgehead atoms. The zero-order valence-corrected chi connectivity index (χ0v) is 14.4. The number of piperazine rings is 1. The van der Waals surface area contributed by atoms with E-state index >= 15 is 0 Å². The number of oxazole rings is 1. The summed E-state index contributed by atoms with van der Waals surface area (Å²) in [5, 5.41) is 0. The molecule has 1 aliphatic heterocycles. The van der Waals surface area contributed by atoms with Crippen LogP contribution in [0.4, 0.5) is 5.69 Å². The first-order valence-corrected chi connectivity index (χ1v) is 8.46. The number of carbonyl (C=O) groups is 1. The van der Waals surface area contributed by atoms with E-state index in [0.717, 1.165) is 5.69 Å². The highest BCUT2D eigenvalue weighted by Gasteiger charge is 2.24. The first kappa shape index (κ1) is 16.3. The van der Waals surface area contributed by atoms with Crippen LogP contribution in [0.1, 0.15) is 10.4 Å². The number of benzene rings is 2. The van der Waals surface area contributed by atoms with Crippen molar-refractivity contribution in [3.05, 3.63) is 58.6 Å². The lowest BCUT2D eigenvalue weighted by Gasteiger charge is -2.36. The van der Waals surface area contributed by atoms with Gasteiger partial charge in [0.2, 0.25) is 0 Å². The van der Waals surface area contributed by atoms with Crippen molar-refractivity contribution in [2.75, 3.05) is 38.2 Å². The monoisotopic (exact) mass is 353 g/mol. The molecule has 0 spiro atoms. The van der Waals surface area contributed by atoms with Gasteiger partial charge in [0.25, 0.3) is 5.91 Å². The van der Waals surface area contributed by atoms with Crippen LogP contribution in [0.3, 0.4) is 0 Å². The highest BCUT2D eigenvalue weighted by molar-refractivity contribution is 5.97. The van der Waals surface area contributed by atoms with Gasteiger partial charge in [-0.1, -0.05) is 12.1 Å². The SMILES string of the molecule is COc1ccccc1C(=O)N1CCN(c2ccc3oc(=O)[nH]c3c2)CC1. The number of rotatable bonds is 3. The molecule has 1 aromatic heterocycles.